The van der Waals surface area contributed by atoms with E-state index < -0.39 is 18.8 Å². The highest BCUT2D eigenvalue weighted by Gasteiger charge is 2.28. The van der Waals surface area contributed by atoms with Gasteiger partial charge in [-0.1, -0.05) is 24.3 Å². The van der Waals surface area contributed by atoms with E-state index in [4.69, 9.17) is 5.11 Å². The molecule has 2 aromatic rings. The first kappa shape index (κ1) is 14.9. The van der Waals surface area contributed by atoms with Gasteiger partial charge in [-0.3, -0.25) is 0 Å². The highest BCUT2D eigenvalue weighted by atomic mass is 19.4. The number of carbonyl (C=O) groups is 1. The molecule has 0 radical (unpaired) electrons. The van der Waals surface area contributed by atoms with Crippen LogP contribution in [0.3, 0.4) is 0 Å². The Labute approximate surface area is 118 Å². The quantitative estimate of drug-likeness (QED) is 0.927. The molecule has 0 heterocycles. The average molecular weight is 296 g/mol. The molecule has 0 saturated heterocycles. The predicted molar refractivity (Wildman–Crippen MR) is 70.4 cm³/mol. The van der Waals surface area contributed by atoms with Crippen molar-refractivity contribution in [3.05, 3.63) is 54.1 Å². The Morgan fingerprint density at radius 3 is 1.86 bits per heavy atom. The highest BCUT2D eigenvalue weighted by molar-refractivity contribution is 5.88. The first-order chi connectivity index (χ1) is 9.85. The Hall–Kier alpha value is -2.50. The zero-order valence-electron chi connectivity index (χ0n) is 10.7. The lowest BCUT2D eigenvalue weighted by Crippen LogP contribution is -2.19. The first-order valence-corrected chi connectivity index (χ1v) is 5.98. The number of benzene rings is 2. The first-order valence-electron chi connectivity index (χ1n) is 5.98. The summed E-state index contributed by atoms with van der Waals surface area (Å²) in [5.41, 5.74) is 1.69. The van der Waals surface area contributed by atoms with E-state index in [-0.39, 0.29) is 11.3 Å². The van der Waals surface area contributed by atoms with Gasteiger partial charge in [-0.05, 0) is 35.4 Å². The molecular formula is C15H11F3O3. The maximum absolute atomic E-state index is 12.0. The molecule has 0 aliphatic heterocycles. The van der Waals surface area contributed by atoms with Crippen molar-refractivity contribution >= 4 is 5.97 Å². The van der Waals surface area contributed by atoms with Crippen LogP contribution in [0.1, 0.15) is 10.4 Å². The van der Waals surface area contributed by atoms with Crippen LogP contribution in [0.2, 0.25) is 0 Å². The molecule has 0 unspecified atom stereocenters. The van der Waals surface area contributed by atoms with Crippen LogP contribution in [0.4, 0.5) is 13.2 Å². The molecule has 0 fully saturated rings. The molecule has 0 aliphatic rings. The van der Waals surface area contributed by atoms with Gasteiger partial charge < -0.3 is 9.84 Å². The van der Waals surface area contributed by atoms with Crippen LogP contribution in [0.5, 0.6) is 5.75 Å². The van der Waals surface area contributed by atoms with Gasteiger partial charge in [0.05, 0.1) is 5.56 Å². The maximum atomic E-state index is 12.0. The van der Waals surface area contributed by atoms with Gasteiger partial charge in [0.1, 0.15) is 5.75 Å². The van der Waals surface area contributed by atoms with Gasteiger partial charge in [0.25, 0.3) is 0 Å². The van der Waals surface area contributed by atoms with Crippen LogP contribution in [-0.2, 0) is 0 Å². The lowest BCUT2D eigenvalue weighted by molar-refractivity contribution is -0.153. The molecule has 0 saturated carbocycles. The molecule has 0 atom stereocenters. The average Bonchev–Trinajstić information content (AvgIpc) is 2.45. The molecular weight excluding hydrogens is 285 g/mol. The smallest absolute Gasteiger partial charge is 0.422 e. The molecule has 3 nitrogen and oxygen atoms in total. The second-order valence-electron chi connectivity index (χ2n) is 4.31. The summed E-state index contributed by atoms with van der Waals surface area (Å²) in [7, 11) is 0. The van der Waals surface area contributed by atoms with Crippen molar-refractivity contribution in [1.82, 2.24) is 0 Å². The molecule has 0 aromatic heterocycles. The number of hydrogen-bond acceptors (Lipinski definition) is 2. The minimum absolute atomic E-state index is 0.123. The molecule has 1 N–H and O–H groups in total. The van der Waals surface area contributed by atoms with E-state index >= 15 is 0 Å². The Morgan fingerprint density at radius 2 is 1.43 bits per heavy atom. The van der Waals surface area contributed by atoms with Crippen molar-refractivity contribution in [3.8, 4) is 16.9 Å². The molecule has 2 rings (SSSR count). The fraction of sp³-hybridized carbons (Fsp3) is 0.133. The summed E-state index contributed by atoms with van der Waals surface area (Å²) in [6.07, 6.45) is -4.37. The third-order valence-electron chi connectivity index (χ3n) is 2.72. The number of carboxylic acids is 1. The Balaban J connectivity index is 2.09. The minimum atomic E-state index is -4.37. The molecule has 2 aromatic carbocycles. The molecule has 110 valence electrons. The van der Waals surface area contributed by atoms with Crippen LogP contribution >= 0.6 is 0 Å². The second kappa shape index (κ2) is 5.87. The lowest BCUT2D eigenvalue weighted by Gasteiger charge is -2.09. The standard InChI is InChI=1S/C15H11F3O3/c16-15(17,18)9-21-13-7-5-11(6-8-13)10-1-3-12(4-2-10)14(19)20/h1-8H,9H2,(H,19,20). The van der Waals surface area contributed by atoms with Crippen molar-refractivity contribution in [2.75, 3.05) is 6.61 Å². The fourth-order valence-electron chi connectivity index (χ4n) is 1.71. The zero-order valence-corrected chi connectivity index (χ0v) is 10.7. The van der Waals surface area contributed by atoms with Crippen LogP contribution in [0.15, 0.2) is 48.5 Å². The largest absolute Gasteiger partial charge is 0.484 e. The Kier molecular flexibility index (Phi) is 4.16. The Morgan fingerprint density at radius 1 is 0.952 bits per heavy atom. The van der Waals surface area contributed by atoms with Crippen LogP contribution in [0, 0.1) is 0 Å². The highest BCUT2D eigenvalue weighted by Crippen LogP contribution is 2.24. The third-order valence-corrected chi connectivity index (χ3v) is 2.72. The predicted octanol–water partition coefficient (Wildman–Crippen LogP) is 3.99. The van der Waals surface area contributed by atoms with Crippen molar-refractivity contribution in [2.24, 2.45) is 0 Å². The number of hydrogen-bond donors (Lipinski definition) is 1. The zero-order chi connectivity index (χ0) is 15.5. The van der Waals surface area contributed by atoms with E-state index in [2.05, 4.69) is 4.74 Å². The van der Waals surface area contributed by atoms with Gasteiger partial charge in [0.15, 0.2) is 6.61 Å². The van der Waals surface area contributed by atoms with Crippen molar-refractivity contribution in [2.45, 2.75) is 6.18 Å². The second-order valence-corrected chi connectivity index (χ2v) is 4.31. The van der Waals surface area contributed by atoms with E-state index in [0.717, 1.165) is 11.1 Å². The SMILES string of the molecule is O=C(O)c1ccc(-c2ccc(OCC(F)(F)F)cc2)cc1. The number of carboxylic acid groups (broad SMARTS) is 1. The maximum Gasteiger partial charge on any atom is 0.422 e. The van der Waals surface area contributed by atoms with E-state index in [9.17, 15) is 18.0 Å². The summed E-state index contributed by atoms with van der Waals surface area (Å²) in [4.78, 5) is 10.7. The topological polar surface area (TPSA) is 46.5 Å². The lowest BCUT2D eigenvalue weighted by atomic mass is 10.0. The monoisotopic (exact) mass is 296 g/mol. The summed E-state index contributed by atoms with van der Waals surface area (Å²) in [6.45, 7) is -1.33. The van der Waals surface area contributed by atoms with E-state index in [1.54, 1.807) is 24.3 Å². The molecule has 21 heavy (non-hydrogen) atoms. The minimum Gasteiger partial charge on any atom is -0.484 e. The Bertz CT molecular complexity index is 616. The molecule has 6 heteroatoms. The summed E-state index contributed by atoms with van der Waals surface area (Å²) in [5.74, 6) is -0.893. The number of aromatic carboxylic acids is 1. The van der Waals surface area contributed by atoms with Crippen LogP contribution in [-0.4, -0.2) is 23.9 Å². The van der Waals surface area contributed by atoms with E-state index in [1.165, 1.54) is 24.3 Å². The van der Waals surface area contributed by atoms with Crippen LogP contribution < -0.4 is 4.74 Å². The van der Waals surface area contributed by atoms with Crippen molar-refractivity contribution < 1.29 is 27.8 Å². The summed E-state index contributed by atoms with van der Waals surface area (Å²) >= 11 is 0. The molecule has 0 bridgehead atoms. The van der Waals surface area contributed by atoms with Crippen LogP contribution in [0.25, 0.3) is 11.1 Å². The third kappa shape index (κ3) is 4.24. The normalized spacial score (nSPS) is 11.2. The van der Waals surface area contributed by atoms with Gasteiger partial charge in [-0.25, -0.2) is 4.79 Å². The van der Waals surface area contributed by atoms with E-state index in [1.807, 2.05) is 0 Å². The number of ether oxygens (including phenoxy) is 1. The fourth-order valence-corrected chi connectivity index (χ4v) is 1.71. The molecule has 0 aliphatic carbocycles. The number of halogens is 3. The summed E-state index contributed by atoms with van der Waals surface area (Å²) in [5, 5.41) is 8.80. The van der Waals surface area contributed by atoms with E-state index in [0.29, 0.717) is 0 Å². The summed E-state index contributed by atoms with van der Waals surface area (Å²) < 4.78 is 40.7. The van der Waals surface area contributed by atoms with Gasteiger partial charge in [-0.2, -0.15) is 13.2 Å². The van der Waals surface area contributed by atoms with Gasteiger partial charge >= 0.3 is 12.1 Å². The summed E-state index contributed by atoms with van der Waals surface area (Å²) in [6, 6.07) is 12.3. The van der Waals surface area contributed by atoms with Gasteiger partial charge in [0.2, 0.25) is 0 Å². The van der Waals surface area contributed by atoms with Gasteiger partial charge in [0, 0.05) is 0 Å². The number of rotatable bonds is 4. The number of alkyl halides is 3. The molecule has 0 amide bonds. The van der Waals surface area contributed by atoms with Gasteiger partial charge in [-0.15, -0.1) is 0 Å². The molecule has 0 spiro atoms. The van der Waals surface area contributed by atoms with Crippen molar-refractivity contribution in [3.63, 3.8) is 0 Å². The van der Waals surface area contributed by atoms with Crippen molar-refractivity contribution in [1.29, 1.82) is 0 Å².